The van der Waals surface area contributed by atoms with Crippen molar-refractivity contribution in [2.75, 3.05) is 13.1 Å². The molecule has 1 saturated heterocycles. The van der Waals surface area contributed by atoms with Gasteiger partial charge < -0.3 is 9.42 Å². The summed E-state index contributed by atoms with van der Waals surface area (Å²) in [4.78, 5) is 28.3. The molecule has 3 heterocycles. The molecule has 0 radical (unpaired) electrons. The fourth-order valence-electron chi connectivity index (χ4n) is 3.94. The molecule has 7 nitrogen and oxygen atoms in total. The van der Waals surface area contributed by atoms with Gasteiger partial charge in [-0.15, -0.1) is 0 Å². The number of para-hydroxylation sites is 2. The van der Waals surface area contributed by atoms with Crippen LogP contribution in [-0.4, -0.2) is 44.0 Å². The van der Waals surface area contributed by atoms with Gasteiger partial charge in [-0.2, -0.15) is 4.98 Å². The van der Waals surface area contributed by atoms with Crippen LogP contribution in [0.4, 0.5) is 0 Å². The summed E-state index contributed by atoms with van der Waals surface area (Å²) in [5.74, 6) is 1.04. The molecule has 1 aliphatic heterocycles. The summed E-state index contributed by atoms with van der Waals surface area (Å²) in [6.45, 7) is 2.85. The van der Waals surface area contributed by atoms with E-state index in [1.807, 2.05) is 42.5 Å². The molecule has 7 heteroatoms. The number of fused-ring (bicyclic) bond motifs is 1. The second-order valence-corrected chi connectivity index (χ2v) is 7.26. The molecular weight excluding hydrogens is 366 g/mol. The van der Waals surface area contributed by atoms with Crippen molar-refractivity contribution in [2.24, 2.45) is 0 Å². The average Bonchev–Trinajstić information content (AvgIpc) is 3.40. The van der Waals surface area contributed by atoms with E-state index < -0.39 is 0 Å². The molecule has 2 aromatic carbocycles. The van der Waals surface area contributed by atoms with Gasteiger partial charge in [-0.05, 0) is 24.6 Å². The number of rotatable bonds is 3. The summed E-state index contributed by atoms with van der Waals surface area (Å²) < 4.78 is 5.46. The van der Waals surface area contributed by atoms with Crippen LogP contribution in [0.15, 0.2) is 65.3 Å². The molecule has 1 amide bonds. The Bertz CT molecular complexity index is 1170. The van der Waals surface area contributed by atoms with E-state index in [4.69, 9.17) is 4.52 Å². The molecule has 144 valence electrons. The first-order valence-electron chi connectivity index (χ1n) is 9.55. The number of nitrogens with zero attached hydrogens (tertiary/aromatic N) is 5. The van der Waals surface area contributed by atoms with E-state index in [1.165, 1.54) is 0 Å². The Morgan fingerprint density at radius 3 is 2.45 bits per heavy atom. The summed E-state index contributed by atoms with van der Waals surface area (Å²) in [5.41, 5.74) is 2.97. The van der Waals surface area contributed by atoms with E-state index in [0.717, 1.165) is 11.1 Å². The predicted octanol–water partition coefficient (Wildman–Crippen LogP) is 3.34. The summed E-state index contributed by atoms with van der Waals surface area (Å²) in [7, 11) is 0. The Labute approximate surface area is 167 Å². The number of aromatic nitrogens is 4. The van der Waals surface area contributed by atoms with Crippen LogP contribution in [0.25, 0.3) is 11.0 Å². The van der Waals surface area contributed by atoms with Gasteiger partial charge in [0, 0.05) is 19.0 Å². The second kappa shape index (κ2) is 7.09. The van der Waals surface area contributed by atoms with Crippen molar-refractivity contribution in [3.63, 3.8) is 0 Å². The van der Waals surface area contributed by atoms with Gasteiger partial charge in [0.05, 0.1) is 23.1 Å². The zero-order valence-electron chi connectivity index (χ0n) is 15.9. The smallest absolute Gasteiger partial charge is 0.274 e. The van der Waals surface area contributed by atoms with Gasteiger partial charge in [-0.3, -0.25) is 9.78 Å². The van der Waals surface area contributed by atoms with Crippen LogP contribution in [0.2, 0.25) is 0 Å². The zero-order valence-corrected chi connectivity index (χ0v) is 15.9. The quantitative estimate of drug-likeness (QED) is 0.538. The lowest BCUT2D eigenvalue weighted by molar-refractivity contribution is 0.0782. The van der Waals surface area contributed by atoms with Crippen molar-refractivity contribution in [1.82, 2.24) is 25.0 Å². The molecule has 2 atom stereocenters. The van der Waals surface area contributed by atoms with Crippen molar-refractivity contribution in [3.05, 3.63) is 83.8 Å². The Kier molecular flexibility index (Phi) is 4.27. The van der Waals surface area contributed by atoms with Crippen molar-refractivity contribution < 1.29 is 9.32 Å². The van der Waals surface area contributed by atoms with Gasteiger partial charge in [-0.1, -0.05) is 47.6 Å². The van der Waals surface area contributed by atoms with Gasteiger partial charge in [0.25, 0.3) is 5.91 Å². The molecule has 29 heavy (non-hydrogen) atoms. The van der Waals surface area contributed by atoms with Crippen molar-refractivity contribution in [3.8, 4) is 0 Å². The minimum Gasteiger partial charge on any atom is -0.339 e. The highest BCUT2D eigenvalue weighted by atomic mass is 16.5. The number of aryl methyl sites for hydroxylation is 1. The van der Waals surface area contributed by atoms with E-state index in [1.54, 1.807) is 18.0 Å². The fraction of sp³-hybridized carbons (Fsp3) is 0.227. The van der Waals surface area contributed by atoms with Crippen LogP contribution < -0.4 is 0 Å². The van der Waals surface area contributed by atoms with Crippen LogP contribution >= 0.6 is 0 Å². The first-order valence-corrected chi connectivity index (χ1v) is 9.55. The van der Waals surface area contributed by atoms with Crippen molar-refractivity contribution >= 4 is 16.9 Å². The monoisotopic (exact) mass is 385 g/mol. The largest absolute Gasteiger partial charge is 0.339 e. The Morgan fingerprint density at radius 2 is 1.69 bits per heavy atom. The summed E-state index contributed by atoms with van der Waals surface area (Å²) in [6, 6.07) is 17.7. The minimum absolute atomic E-state index is 0.0593. The van der Waals surface area contributed by atoms with Crippen molar-refractivity contribution in [2.45, 2.75) is 18.8 Å². The number of amides is 1. The molecule has 2 aromatic heterocycles. The van der Waals surface area contributed by atoms with E-state index in [2.05, 4.69) is 32.2 Å². The van der Waals surface area contributed by atoms with E-state index in [0.29, 0.717) is 36.0 Å². The summed E-state index contributed by atoms with van der Waals surface area (Å²) >= 11 is 0. The van der Waals surface area contributed by atoms with Crippen molar-refractivity contribution in [1.29, 1.82) is 0 Å². The van der Waals surface area contributed by atoms with Crippen LogP contribution in [0, 0.1) is 6.92 Å². The number of hydrogen-bond acceptors (Lipinski definition) is 6. The molecule has 0 N–H and O–H groups in total. The topological polar surface area (TPSA) is 85.0 Å². The lowest BCUT2D eigenvalue weighted by Crippen LogP contribution is -2.29. The number of benzene rings is 2. The Morgan fingerprint density at radius 1 is 0.966 bits per heavy atom. The van der Waals surface area contributed by atoms with Crippen LogP contribution in [0.3, 0.4) is 0 Å². The van der Waals surface area contributed by atoms with E-state index in [-0.39, 0.29) is 17.7 Å². The van der Waals surface area contributed by atoms with Crippen LogP contribution in [0.1, 0.15) is 39.6 Å². The third kappa shape index (κ3) is 3.24. The maximum atomic E-state index is 13.2. The Balaban J connectivity index is 1.47. The maximum absolute atomic E-state index is 13.2. The Hall–Kier alpha value is -3.61. The first kappa shape index (κ1) is 17.5. The highest BCUT2D eigenvalue weighted by Crippen LogP contribution is 2.39. The second-order valence-electron chi connectivity index (χ2n) is 7.26. The molecule has 0 saturated carbocycles. The average molecular weight is 385 g/mol. The predicted molar refractivity (Wildman–Crippen MR) is 106 cm³/mol. The number of carbonyl (C=O) groups is 1. The number of hydrogen-bond donors (Lipinski definition) is 0. The number of likely N-dealkylation sites (tertiary alicyclic amines) is 1. The molecule has 1 fully saturated rings. The summed E-state index contributed by atoms with van der Waals surface area (Å²) in [5, 5.41) is 3.94. The fourth-order valence-corrected chi connectivity index (χ4v) is 3.94. The molecule has 5 rings (SSSR count). The lowest BCUT2D eigenvalue weighted by Gasteiger charge is -2.16. The van der Waals surface area contributed by atoms with E-state index in [9.17, 15) is 4.79 Å². The highest BCUT2D eigenvalue weighted by molar-refractivity contribution is 5.94. The van der Waals surface area contributed by atoms with Gasteiger partial charge in [0.2, 0.25) is 5.89 Å². The molecule has 0 spiro atoms. The standard InChI is InChI=1S/C22H19N5O2/c1-14-24-21(29-26-14)17-13-27(12-16(17)15-7-3-2-4-8-15)22(28)20-11-23-18-9-5-6-10-19(18)25-20/h2-11,16-17H,12-13H2,1H3/t16-,17-/m0/s1. The van der Waals surface area contributed by atoms with Gasteiger partial charge in [0.1, 0.15) is 5.69 Å². The molecule has 0 aliphatic carbocycles. The maximum Gasteiger partial charge on any atom is 0.274 e. The zero-order chi connectivity index (χ0) is 19.8. The van der Waals surface area contributed by atoms with Gasteiger partial charge >= 0.3 is 0 Å². The lowest BCUT2D eigenvalue weighted by atomic mass is 9.89. The minimum atomic E-state index is -0.136. The van der Waals surface area contributed by atoms with Crippen LogP contribution in [0.5, 0.6) is 0 Å². The highest BCUT2D eigenvalue weighted by Gasteiger charge is 2.40. The first-order chi connectivity index (χ1) is 14.2. The van der Waals surface area contributed by atoms with E-state index >= 15 is 0 Å². The number of carbonyl (C=O) groups excluding carboxylic acids is 1. The van der Waals surface area contributed by atoms with Gasteiger partial charge in [-0.25, -0.2) is 4.98 Å². The molecule has 0 unspecified atom stereocenters. The van der Waals surface area contributed by atoms with Crippen LogP contribution in [-0.2, 0) is 0 Å². The molecule has 0 bridgehead atoms. The molecule has 4 aromatic rings. The summed E-state index contributed by atoms with van der Waals surface area (Å²) in [6.07, 6.45) is 1.55. The third-order valence-corrected chi connectivity index (χ3v) is 5.36. The normalized spacial score (nSPS) is 19.0. The van der Waals surface area contributed by atoms with Gasteiger partial charge in [0.15, 0.2) is 5.82 Å². The SMILES string of the molecule is Cc1noc([C@H]2CN(C(=O)c3cnc4ccccc4n3)C[C@H]2c2ccccc2)n1. The third-order valence-electron chi connectivity index (χ3n) is 5.36. The molecular formula is C22H19N5O2. The molecule has 1 aliphatic rings.